The maximum absolute atomic E-state index is 5.62. The molecule has 15 heavy (non-hydrogen) atoms. The molecule has 0 fully saturated rings. The van der Waals surface area contributed by atoms with Crippen LogP contribution in [0.25, 0.3) is 0 Å². The van der Waals surface area contributed by atoms with Crippen molar-refractivity contribution in [3.8, 4) is 5.75 Å². The van der Waals surface area contributed by atoms with Gasteiger partial charge < -0.3 is 4.74 Å². The van der Waals surface area contributed by atoms with Gasteiger partial charge in [-0.15, -0.1) is 11.6 Å². The van der Waals surface area contributed by atoms with Crippen molar-refractivity contribution in [2.45, 2.75) is 32.6 Å². The third kappa shape index (κ3) is 5.03. The molecule has 0 bridgehead atoms. The monoisotopic (exact) mass is 227 g/mol. The van der Waals surface area contributed by atoms with Crippen molar-refractivity contribution >= 4 is 11.6 Å². The molecule has 3 heteroatoms. The SMILES string of the molecule is Cc1ncccc1OCCCCCCCl. The van der Waals surface area contributed by atoms with Gasteiger partial charge in [0.1, 0.15) is 5.75 Å². The van der Waals surface area contributed by atoms with Crippen molar-refractivity contribution in [1.82, 2.24) is 4.98 Å². The van der Waals surface area contributed by atoms with Crippen LogP contribution in [0, 0.1) is 6.92 Å². The van der Waals surface area contributed by atoms with Crippen LogP contribution in [0.2, 0.25) is 0 Å². The van der Waals surface area contributed by atoms with Gasteiger partial charge in [0, 0.05) is 12.1 Å². The molecule has 0 N–H and O–H groups in total. The summed E-state index contributed by atoms with van der Waals surface area (Å²) in [7, 11) is 0. The molecule has 0 atom stereocenters. The first-order valence-electron chi connectivity index (χ1n) is 5.45. The number of aryl methyl sites for hydroxylation is 1. The highest BCUT2D eigenvalue weighted by molar-refractivity contribution is 6.17. The molecule has 0 amide bonds. The Morgan fingerprint density at radius 1 is 1.27 bits per heavy atom. The van der Waals surface area contributed by atoms with E-state index in [4.69, 9.17) is 16.3 Å². The van der Waals surface area contributed by atoms with Crippen LogP contribution in [0.4, 0.5) is 0 Å². The largest absolute Gasteiger partial charge is 0.492 e. The number of pyridine rings is 1. The van der Waals surface area contributed by atoms with Gasteiger partial charge in [-0.2, -0.15) is 0 Å². The second-order valence-electron chi connectivity index (χ2n) is 3.54. The van der Waals surface area contributed by atoms with E-state index in [1.807, 2.05) is 19.1 Å². The van der Waals surface area contributed by atoms with Gasteiger partial charge >= 0.3 is 0 Å². The highest BCUT2D eigenvalue weighted by atomic mass is 35.5. The molecule has 1 aromatic heterocycles. The van der Waals surface area contributed by atoms with E-state index in [-0.39, 0.29) is 0 Å². The molecular weight excluding hydrogens is 210 g/mol. The highest BCUT2D eigenvalue weighted by Gasteiger charge is 1.98. The number of hydrogen-bond donors (Lipinski definition) is 0. The van der Waals surface area contributed by atoms with Gasteiger partial charge in [0.25, 0.3) is 0 Å². The van der Waals surface area contributed by atoms with Gasteiger partial charge in [0.15, 0.2) is 0 Å². The molecule has 0 aliphatic carbocycles. The summed E-state index contributed by atoms with van der Waals surface area (Å²) < 4.78 is 5.62. The van der Waals surface area contributed by atoms with Crippen LogP contribution in [-0.4, -0.2) is 17.5 Å². The molecule has 0 aromatic carbocycles. The van der Waals surface area contributed by atoms with Gasteiger partial charge in [-0.1, -0.05) is 12.8 Å². The number of aromatic nitrogens is 1. The van der Waals surface area contributed by atoms with Crippen molar-refractivity contribution < 1.29 is 4.74 Å². The Labute approximate surface area is 96.6 Å². The zero-order valence-corrected chi connectivity index (χ0v) is 9.96. The third-order valence-corrected chi connectivity index (χ3v) is 2.51. The van der Waals surface area contributed by atoms with Crippen molar-refractivity contribution in [3.63, 3.8) is 0 Å². The van der Waals surface area contributed by atoms with Crippen molar-refractivity contribution in [1.29, 1.82) is 0 Å². The zero-order valence-electron chi connectivity index (χ0n) is 9.21. The van der Waals surface area contributed by atoms with E-state index >= 15 is 0 Å². The number of unbranched alkanes of at least 4 members (excludes halogenated alkanes) is 3. The number of halogens is 1. The standard InChI is InChI=1S/C12H18ClNO/c1-11-12(7-6-9-14-11)15-10-5-3-2-4-8-13/h6-7,9H,2-5,8,10H2,1H3. The lowest BCUT2D eigenvalue weighted by Crippen LogP contribution is -1.99. The van der Waals surface area contributed by atoms with E-state index in [0.29, 0.717) is 0 Å². The first kappa shape index (κ1) is 12.3. The average molecular weight is 228 g/mol. The molecule has 2 nitrogen and oxygen atoms in total. The van der Waals surface area contributed by atoms with E-state index in [1.54, 1.807) is 6.20 Å². The molecule has 0 unspecified atom stereocenters. The summed E-state index contributed by atoms with van der Waals surface area (Å²) >= 11 is 5.59. The first-order valence-corrected chi connectivity index (χ1v) is 5.98. The zero-order chi connectivity index (χ0) is 10.9. The molecule has 84 valence electrons. The number of hydrogen-bond acceptors (Lipinski definition) is 2. The summed E-state index contributed by atoms with van der Waals surface area (Å²) in [6.07, 6.45) is 6.35. The van der Waals surface area contributed by atoms with Crippen molar-refractivity contribution in [3.05, 3.63) is 24.0 Å². The quantitative estimate of drug-likeness (QED) is 0.525. The van der Waals surface area contributed by atoms with Crippen LogP contribution in [-0.2, 0) is 0 Å². The minimum atomic E-state index is 0.766. The van der Waals surface area contributed by atoms with Gasteiger partial charge in [0.2, 0.25) is 0 Å². The minimum absolute atomic E-state index is 0.766. The van der Waals surface area contributed by atoms with Crippen LogP contribution in [0.15, 0.2) is 18.3 Å². The Morgan fingerprint density at radius 3 is 2.80 bits per heavy atom. The summed E-state index contributed by atoms with van der Waals surface area (Å²) in [4.78, 5) is 4.17. The lowest BCUT2D eigenvalue weighted by molar-refractivity contribution is 0.302. The van der Waals surface area contributed by atoms with Crippen molar-refractivity contribution in [2.75, 3.05) is 12.5 Å². The van der Waals surface area contributed by atoms with Crippen LogP contribution in [0.5, 0.6) is 5.75 Å². The van der Waals surface area contributed by atoms with E-state index in [9.17, 15) is 0 Å². The van der Waals surface area contributed by atoms with Gasteiger partial charge in [-0.25, -0.2) is 0 Å². The fourth-order valence-electron chi connectivity index (χ4n) is 1.35. The predicted octanol–water partition coefficient (Wildman–Crippen LogP) is 3.57. The Morgan fingerprint density at radius 2 is 2.07 bits per heavy atom. The Balaban J connectivity index is 2.12. The highest BCUT2D eigenvalue weighted by Crippen LogP contribution is 2.14. The van der Waals surface area contributed by atoms with Crippen LogP contribution >= 0.6 is 11.6 Å². The second kappa shape index (κ2) is 7.52. The molecule has 0 saturated carbocycles. The lowest BCUT2D eigenvalue weighted by atomic mass is 10.2. The lowest BCUT2D eigenvalue weighted by Gasteiger charge is -2.07. The molecule has 0 aliphatic heterocycles. The molecular formula is C12H18ClNO. The first-order chi connectivity index (χ1) is 7.34. The molecule has 0 saturated heterocycles. The Kier molecular flexibility index (Phi) is 6.17. The number of rotatable bonds is 7. The molecule has 1 heterocycles. The Bertz CT molecular complexity index is 278. The van der Waals surface area contributed by atoms with E-state index in [1.165, 1.54) is 12.8 Å². The fraction of sp³-hybridized carbons (Fsp3) is 0.583. The number of ether oxygens (including phenoxy) is 1. The van der Waals surface area contributed by atoms with Gasteiger partial charge in [-0.05, 0) is 31.9 Å². The van der Waals surface area contributed by atoms with E-state index in [0.717, 1.165) is 36.8 Å². The number of alkyl halides is 1. The minimum Gasteiger partial charge on any atom is -0.492 e. The average Bonchev–Trinajstić information content (AvgIpc) is 2.25. The van der Waals surface area contributed by atoms with Gasteiger partial charge in [0.05, 0.1) is 12.3 Å². The Hall–Kier alpha value is -0.760. The molecule has 1 aromatic rings. The molecule has 0 aliphatic rings. The summed E-state index contributed by atoms with van der Waals surface area (Å²) in [5, 5.41) is 0. The van der Waals surface area contributed by atoms with E-state index < -0.39 is 0 Å². The predicted molar refractivity (Wildman–Crippen MR) is 63.7 cm³/mol. The summed E-state index contributed by atoms with van der Waals surface area (Å²) in [6, 6.07) is 3.86. The molecule has 0 radical (unpaired) electrons. The smallest absolute Gasteiger partial charge is 0.140 e. The second-order valence-corrected chi connectivity index (χ2v) is 3.92. The summed E-state index contributed by atoms with van der Waals surface area (Å²) in [6.45, 7) is 2.73. The molecule has 1 rings (SSSR count). The van der Waals surface area contributed by atoms with Gasteiger partial charge in [-0.3, -0.25) is 4.98 Å². The van der Waals surface area contributed by atoms with E-state index in [2.05, 4.69) is 4.98 Å². The van der Waals surface area contributed by atoms with Crippen LogP contribution in [0.1, 0.15) is 31.4 Å². The molecule has 0 spiro atoms. The summed E-state index contributed by atoms with van der Waals surface area (Å²) in [5.41, 5.74) is 0.957. The third-order valence-electron chi connectivity index (χ3n) is 2.24. The topological polar surface area (TPSA) is 22.1 Å². The normalized spacial score (nSPS) is 10.3. The van der Waals surface area contributed by atoms with Crippen molar-refractivity contribution in [2.24, 2.45) is 0 Å². The number of nitrogens with zero attached hydrogens (tertiary/aromatic N) is 1. The van der Waals surface area contributed by atoms with Crippen LogP contribution in [0.3, 0.4) is 0 Å². The maximum Gasteiger partial charge on any atom is 0.140 e. The summed E-state index contributed by atoms with van der Waals surface area (Å²) in [5.74, 6) is 1.66. The van der Waals surface area contributed by atoms with Crippen LogP contribution < -0.4 is 4.74 Å². The maximum atomic E-state index is 5.62. The fourth-order valence-corrected chi connectivity index (χ4v) is 1.54.